The van der Waals surface area contributed by atoms with Gasteiger partial charge in [-0.15, -0.1) is 0 Å². The fraction of sp³-hybridized carbons (Fsp3) is 0.136. The molecule has 2 N–H and O–H groups in total. The molecule has 2 aromatic heterocycles. The number of benzene rings is 2. The van der Waals surface area contributed by atoms with E-state index in [4.69, 9.17) is 16.3 Å². The zero-order valence-corrected chi connectivity index (χ0v) is 19.2. The summed E-state index contributed by atoms with van der Waals surface area (Å²) in [6, 6.07) is 10.2. The Hall–Kier alpha value is -3.35. The molecule has 0 atom stereocenters. The van der Waals surface area contributed by atoms with E-state index in [1.165, 1.54) is 18.3 Å². The van der Waals surface area contributed by atoms with Crippen LogP contribution in [0.5, 0.6) is 5.75 Å². The SMILES string of the molecule is CN(c1cnc[nH]1)c1cc2c(Nc3ccc(F)c(Cl)c3)c(C#N)cnc2cc1OCCBr. The van der Waals surface area contributed by atoms with E-state index in [1.54, 1.807) is 18.6 Å². The minimum absolute atomic E-state index is 0.0167. The molecule has 0 aliphatic rings. The van der Waals surface area contributed by atoms with Crippen molar-refractivity contribution in [1.82, 2.24) is 15.0 Å². The zero-order valence-electron chi connectivity index (χ0n) is 16.9. The highest BCUT2D eigenvalue weighted by Crippen LogP contribution is 2.39. The van der Waals surface area contributed by atoms with Gasteiger partial charge in [0.05, 0.1) is 46.6 Å². The first-order chi connectivity index (χ1) is 15.5. The number of nitriles is 1. The van der Waals surface area contributed by atoms with E-state index < -0.39 is 5.82 Å². The number of ether oxygens (including phenoxy) is 1. The number of pyridine rings is 1. The van der Waals surface area contributed by atoms with E-state index in [2.05, 4.69) is 42.3 Å². The summed E-state index contributed by atoms with van der Waals surface area (Å²) in [5.41, 5.74) is 2.79. The van der Waals surface area contributed by atoms with Crippen LogP contribution in [0.1, 0.15) is 5.56 Å². The van der Waals surface area contributed by atoms with Gasteiger partial charge in [0.2, 0.25) is 0 Å². The Labute approximate surface area is 196 Å². The average molecular weight is 516 g/mol. The number of rotatable bonds is 7. The predicted octanol–water partition coefficient (Wildman–Crippen LogP) is 5.91. The van der Waals surface area contributed by atoms with E-state index in [1.807, 2.05) is 24.1 Å². The number of halogens is 3. The molecule has 0 amide bonds. The first-order valence-electron chi connectivity index (χ1n) is 9.51. The molecular weight excluding hydrogens is 499 g/mol. The van der Waals surface area contributed by atoms with Crippen molar-refractivity contribution in [3.8, 4) is 11.8 Å². The van der Waals surface area contributed by atoms with Gasteiger partial charge in [-0.05, 0) is 24.3 Å². The molecule has 0 spiro atoms. The molecule has 10 heteroatoms. The molecule has 0 fully saturated rings. The van der Waals surface area contributed by atoms with Crippen LogP contribution in [-0.2, 0) is 0 Å². The number of aromatic amines is 1. The number of aromatic nitrogens is 3. The van der Waals surface area contributed by atoms with Gasteiger partial charge < -0.3 is 19.9 Å². The van der Waals surface area contributed by atoms with Crippen LogP contribution in [0.25, 0.3) is 10.9 Å². The number of hydrogen-bond donors (Lipinski definition) is 2. The number of hydrogen-bond acceptors (Lipinski definition) is 6. The van der Waals surface area contributed by atoms with Gasteiger partial charge in [-0.2, -0.15) is 5.26 Å². The summed E-state index contributed by atoms with van der Waals surface area (Å²) in [6.07, 6.45) is 4.77. The van der Waals surface area contributed by atoms with Crippen LogP contribution < -0.4 is 15.0 Å². The topological polar surface area (TPSA) is 89.9 Å². The van der Waals surface area contributed by atoms with Crippen molar-refractivity contribution in [3.05, 3.63) is 65.5 Å². The maximum atomic E-state index is 13.6. The van der Waals surface area contributed by atoms with Crippen molar-refractivity contribution in [2.75, 3.05) is 29.2 Å². The molecule has 7 nitrogen and oxygen atoms in total. The van der Waals surface area contributed by atoms with Crippen molar-refractivity contribution < 1.29 is 9.13 Å². The summed E-state index contributed by atoms with van der Waals surface area (Å²) in [5, 5.41) is 14.2. The van der Waals surface area contributed by atoms with Gasteiger partial charge in [0.15, 0.2) is 0 Å². The Morgan fingerprint density at radius 2 is 2.16 bits per heavy atom. The molecule has 2 aromatic carbocycles. The lowest BCUT2D eigenvalue weighted by atomic mass is 10.1. The largest absolute Gasteiger partial charge is 0.490 e. The van der Waals surface area contributed by atoms with Gasteiger partial charge in [-0.3, -0.25) is 4.98 Å². The number of nitrogens with one attached hydrogen (secondary N) is 2. The highest BCUT2D eigenvalue weighted by Gasteiger charge is 2.18. The van der Waals surface area contributed by atoms with E-state index >= 15 is 0 Å². The van der Waals surface area contributed by atoms with E-state index in [9.17, 15) is 9.65 Å². The molecule has 0 aliphatic heterocycles. The number of H-pyrrole nitrogens is 1. The van der Waals surface area contributed by atoms with Gasteiger partial charge in [0.1, 0.15) is 23.5 Å². The number of alkyl halides is 1. The van der Waals surface area contributed by atoms with Gasteiger partial charge in [-0.25, -0.2) is 9.37 Å². The van der Waals surface area contributed by atoms with Crippen LogP contribution in [0.4, 0.5) is 27.3 Å². The number of anilines is 4. The molecule has 0 radical (unpaired) electrons. The van der Waals surface area contributed by atoms with Gasteiger partial charge in [0, 0.05) is 35.7 Å². The van der Waals surface area contributed by atoms with Crippen LogP contribution in [0, 0.1) is 17.1 Å². The van der Waals surface area contributed by atoms with Crippen LogP contribution in [0.15, 0.2) is 49.1 Å². The molecule has 0 bridgehead atoms. The Kier molecular flexibility index (Phi) is 6.44. The quantitative estimate of drug-likeness (QED) is 0.298. The van der Waals surface area contributed by atoms with Crippen LogP contribution in [0.2, 0.25) is 5.02 Å². The smallest absolute Gasteiger partial charge is 0.145 e. The Bertz CT molecular complexity index is 1310. The second-order valence-corrected chi connectivity index (χ2v) is 7.98. The zero-order chi connectivity index (χ0) is 22.7. The molecule has 162 valence electrons. The molecule has 4 rings (SSSR count). The summed E-state index contributed by atoms with van der Waals surface area (Å²) in [4.78, 5) is 13.5. The molecule has 0 aliphatic carbocycles. The van der Waals surface area contributed by atoms with Gasteiger partial charge in [0.25, 0.3) is 0 Å². The van der Waals surface area contributed by atoms with Crippen molar-refractivity contribution >= 4 is 61.3 Å². The molecule has 32 heavy (non-hydrogen) atoms. The van der Waals surface area contributed by atoms with Crippen molar-refractivity contribution in [3.63, 3.8) is 0 Å². The van der Waals surface area contributed by atoms with Crippen molar-refractivity contribution in [2.45, 2.75) is 0 Å². The van der Waals surface area contributed by atoms with E-state index in [0.717, 1.165) is 11.5 Å². The first kappa shape index (κ1) is 21.9. The first-order valence-corrected chi connectivity index (χ1v) is 11.0. The predicted molar refractivity (Wildman–Crippen MR) is 127 cm³/mol. The third-order valence-electron chi connectivity index (χ3n) is 4.80. The number of nitrogens with zero attached hydrogens (tertiary/aromatic N) is 4. The highest BCUT2D eigenvalue weighted by atomic mass is 79.9. The fourth-order valence-corrected chi connectivity index (χ4v) is 3.58. The molecule has 0 saturated heterocycles. The lowest BCUT2D eigenvalue weighted by molar-refractivity contribution is 0.346. The lowest BCUT2D eigenvalue weighted by Crippen LogP contribution is -2.12. The molecular formula is C22H17BrClFN6O. The standard InChI is InChI=1S/C22H17BrClFN6O/c1-31(21-11-27-12-29-21)19-7-15-18(8-20(19)32-5-4-23)28-10-13(9-26)22(15)30-14-2-3-17(25)16(24)6-14/h2-3,6-8,10-12H,4-5H2,1H3,(H,27,29)(H,28,30). The lowest BCUT2D eigenvalue weighted by Gasteiger charge is -2.22. The Balaban J connectivity index is 1.89. The third-order valence-corrected chi connectivity index (χ3v) is 5.41. The fourth-order valence-electron chi connectivity index (χ4n) is 3.23. The summed E-state index contributed by atoms with van der Waals surface area (Å²) >= 11 is 9.32. The number of imidazole rings is 1. The molecule has 0 unspecified atom stereocenters. The second-order valence-electron chi connectivity index (χ2n) is 6.78. The summed E-state index contributed by atoms with van der Waals surface area (Å²) in [6.45, 7) is 0.463. The Morgan fingerprint density at radius 1 is 1.31 bits per heavy atom. The maximum absolute atomic E-state index is 13.6. The normalized spacial score (nSPS) is 10.7. The minimum Gasteiger partial charge on any atom is -0.490 e. The second kappa shape index (κ2) is 9.42. The van der Waals surface area contributed by atoms with Crippen LogP contribution in [-0.4, -0.2) is 33.9 Å². The molecule has 4 aromatic rings. The maximum Gasteiger partial charge on any atom is 0.145 e. The minimum atomic E-state index is -0.519. The van der Waals surface area contributed by atoms with Gasteiger partial charge in [-0.1, -0.05) is 27.5 Å². The third kappa shape index (κ3) is 4.33. The van der Waals surface area contributed by atoms with Crippen LogP contribution >= 0.6 is 27.5 Å². The van der Waals surface area contributed by atoms with Gasteiger partial charge >= 0.3 is 0 Å². The molecule has 0 saturated carbocycles. The average Bonchev–Trinajstić information content (AvgIpc) is 3.34. The van der Waals surface area contributed by atoms with Crippen LogP contribution in [0.3, 0.4) is 0 Å². The summed E-state index contributed by atoms with van der Waals surface area (Å²) in [5.74, 6) is 0.869. The monoisotopic (exact) mass is 514 g/mol. The summed E-state index contributed by atoms with van der Waals surface area (Å²) in [7, 11) is 1.88. The van der Waals surface area contributed by atoms with E-state index in [0.29, 0.717) is 45.5 Å². The molecule has 2 heterocycles. The van der Waals surface area contributed by atoms with Crippen molar-refractivity contribution in [2.24, 2.45) is 0 Å². The van der Waals surface area contributed by atoms with Crippen molar-refractivity contribution in [1.29, 1.82) is 5.26 Å². The number of fused-ring (bicyclic) bond motifs is 1. The Morgan fingerprint density at radius 3 is 2.84 bits per heavy atom. The van der Waals surface area contributed by atoms with E-state index in [-0.39, 0.29) is 5.02 Å². The highest BCUT2D eigenvalue weighted by molar-refractivity contribution is 9.09. The summed E-state index contributed by atoms with van der Waals surface area (Å²) < 4.78 is 19.6.